The number of amides is 2. The van der Waals surface area contributed by atoms with Gasteiger partial charge in [0.15, 0.2) is 0 Å². The van der Waals surface area contributed by atoms with Crippen LogP contribution in [0.15, 0.2) is 36.4 Å². The molecule has 2 aromatic carbocycles. The molecular formula is C18H8F6N2O4. The van der Waals surface area contributed by atoms with Crippen LogP contribution < -0.4 is 10.6 Å². The lowest BCUT2D eigenvalue weighted by Gasteiger charge is -2.07. The quantitative estimate of drug-likeness (QED) is 0.493. The molecule has 0 saturated carbocycles. The Bertz CT molecular complexity index is 1020. The summed E-state index contributed by atoms with van der Waals surface area (Å²) in [6, 6.07) is 5.04. The van der Waals surface area contributed by atoms with E-state index in [1.807, 2.05) is 0 Å². The van der Waals surface area contributed by atoms with Gasteiger partial charge in [-0.1, -0.05) is 0 Å². The molecule has 0 radical (unpaired) electrons. The largest absolute Gasteiger partial charge is 0.416 e. The Labute approximate surface area is 162 Å². The van der Waals surface area contributed by atoms with Crippen LogP contribution in [0.2, 0.25) is 0 Å². The zero-order valence-corrected chi connectivity index (χ0v) is 14.4. The Morgan fingerprint density at radius 3 is 1.20 bits per heavy atom. The van der Waals surface area contributed by atoms with Gasteiger partial charge in [0, 0.05) is 0 Å². The Hall–Kier alpha value is -3.70. The molecule has 0 atom stereocenters. The second-order valence-electron chi connectivity index (χ2n) is 6.08. The lowest BCUT2D eigenvalue weighted by Crippen LogP contribution is -2.12. The number of hydrogen-bond acceptors (Lipinski definition) is 4. The summed E-state index contributed by atoms with van der Waals surface area (Å²) in [5.41, 5.74) is -1.99. The van der Waals surface area contributed by atoms with E-state index < -0.39 is 46.9 Å². The molecule has 0 aliphatic carbocycles. The van der Waals surface area contributed by atoms with Crippen molar-refractivity contribution in [2.24, 2.45) is 0 Å². The van der Waals surface area contributed by atoms with E-state index in [-0.39, 0.29) is 22.5 Å². The second kappa shape index (κ2) is 6.97. The molecule has 2 aliphatic heterocycles. The van der Waals surface area contributed by atoms with Gasteiger partial charge in [-0.2, -0.15) is 26.3 Å². The normalized spacial score (nSPS) is 15.1. The molecule has 30 heavy (non-hydrogen) atoms. The third-order valence-corrected chi connectivity index (χ3v) is 4.09. The van der Waals surface area contributed by atoms with Crippen molar-refractivity contribution in [2.45, 2.75) is 12.4 Å². The third-order valence-electron chi connectivity index (χ3n) is 4.09. The standard InChI is InChI=1S/2C9H4F3NO2/c2*10-9(11,12)4-1-2-5-6(3-4)13-8(15)7(5)14/h2*1-3H,(H,13,14,15). The number of anilines is 2. The minimum atomic E-state index is -4.48. The van der Waals surface area contributed by atoms with Gasteiger partial charge in [0.2, 0.25) is 0 Å². The number of benzene rings is 2. The number of carbonyl (C=O) groups excluding carboxylic acids is 4. The number of rotatable bonds is 0. The van der Waals surface area contributed by atoms with Crippen LogP contribution in [0.5, 0.6) is 0 Å². The van der Waals surface area contributed by atoms with E-state index in [1.165, 1.54) is 0 Å². The van der Waals surface area contributed by atoms with Gasteiger partial charge < -0.3 is 10.6 Å². The monoisotopic (exact) mass is 430 g/mol. The lowest BCUT2D eigenvalue weighted by molar-refractivity contribution is -0.138. The summed E-state index contributed by atoms with van der Waals surface area (Å²) in [7, 11) is 0. The van der Waals surface area contributed by atoms with E-state index >= 15 is 0 Å². The van der Waals surface area contributed by atoms with E-state index in [9.17, 15) is 45.5 Å². The molecule has 2 N–H and O–H groups in total. The highest BCUT2D eigenvalue weighted by atomic mass is 19.4. The predicted molar refractivity (Wildman–Crippen MR) is 88.8 cm³/mol. The first-order chi connectivity index (χ1) is 13.8. The Morgan fingerprint density at radius 2 is 0.900 bits per heavy atom. The molecule has 2 amide bonds. The van der Waals surface area contributed by atoms with E-state index in [0.29, 0.717) is 0 Å². The number of nitrogens with one attached hydrogen (secondary N) is 2. The first-order valence-electron chi connectivity index (χ1n) is 7.93. The molecule has 6 nitrogen and oxygen atoms in total. The number of alkyl halides is 6. The van der Waals surface area contributed by atoms with Crippen LogP contribution in [0.3, 0.4) is 0 Å². The van der Waals surface area contributed by atoms with E-state index in [4.69, 9.17) is 0 Å². The fourth-order valence-corrected chi connectivity index (χ4v) is 2.65. The van der Waals surface area contributed by atoms with Crippen LogP contribution >= 0.6 is 0 Å². The lowest BCUT2D eigenvalue weighted by atomic mass is 10.1. The smallest absolute Gasteiger partial charge is 0.318 e. The van der Waals surface area contributed by atoms with Gasteiger partial charge in [-0.15, -0.1) is 0 Å². The van der Waals surface area contributed by atoms with Crippen molar-refractivity contribution >= 4 is 34.8 Å². The summed E-state index contributed by atoms with van der Waals surface area (Å²) in [6.07, 6.45) is -8.96. The second-order valence-corrected chi connectivity index (χ2v) is 6.08. The molecule has 4 rings (SSSR count). The van der Waals surface area contributed by atoms with Crippen molar-refractivity contribution in [1.29, 1.82) is 0 Å². The van der Waals surface area contributed by atoms with Gasteiger partial charge in [0.1, 0.15) is 0 Å². The zero-order chi connectivity index (χ0) is 22.4. The number of hydrogen-bond donors (Lipinski definition) is 2. The van der Waals surface area contributed by atoms with Crippen LogP contribution in [0, 0.1) is 0 Å². The molecule has 0 saturated heterocycles. The van der Waals surface area contributed by atoms with Gasteiger partial charge in [-0.3, -0.25) is 19.2 Å². The number of ketones is 2. The molecule has 156 valence electrons. The number of Topliss-reactive ketones (excluding diaryl/α,β-unsaturated/α-hetero) is 2. The van der Waals surface area contributed by atoms with Crippen molar-refractivity contribution in [2.75, 3.05) is 10.6 Å². The van der Waals surface area contributed by atoms with Crippen molar-refractivity contribution in [1.82, 2.24) is 0 Å². The number of fused-ring (bicyclic) bond motifs is 2. The van der Waals surface area contributed by atoms with Crippen molar-refractivity contribution < 1.29 is 45.5 Å². The molecule has 0 fully saturated rings. The summed E-state index contributed by atoms with van der Waals surface area (Å²) < 4.78 is 73.5. The molecule has 0 unspecified atom stereocenters. The molecule has 2 aliphatic rings. The topological polar surface area (TPSA) is 92.3 Å². The first-order valence-corrected chi connectivity index (χ1v) is 7.93. The minimum Gasteiger partial charge on any atom is -0.318 e. The SMILES string of the molecule is O=C1Nc2cc(C(F)(F)F)ccc2C1=O.O=C1Nc2cc(C(F)(F)F)ccc2C1=O. The summed E-state index contributed by atoms with van der Waals surface area (Å²) in [5.74, 6) is -3.41. The molecule has 2 heterocycles. The molecule has 0 bridgehead atoms. The summed E-state index contributed by atoms with van der Waals surface area (Å²) in [6.45, 7) is 0. The minimum absolute atomic E-state index is 0.0204. The zero-order valence-electron chi connectivity index (χ0n) is 14.4. The van der Waals surface area contributed by atoms with E-state index in [2.05, 4.69) is 10.6 Å². The predicted octanol–water partition coefficient (Wildman–Crippen LogP) is 3.68. The van der Waals surface area contributed by atoms with Crippen molar-refractivity contribution in [3.63, 3.8) is 0 Å². The maximum Gasteiger partial charge on any atom is 0.416 e. The fraction of sp³-hybridized carbons (Fsp3) is 0.111. The highest BCUT2D eigenvalue weighted by Gasteiger charge is 2.35. The van der Waals surface area contributed by atoms with Gasteiger partial charge in [0.25, 0.3) is 23.4 Å². The van der Waals surface area contributed by atoms with Gasteiger partial charge >= 0.3 is 12.4 Å². The maximum absolute atomic E-state index is 12.3. The van der Waals surface area contributed by atoms with Crippen LogP contribution in [0.4, 0.5) is 37.7 Å². The number of halogens is 6. The Kier molecular flexibility index (Phi) is 4.88. The van der Waals surface area contributed by atoms with Crippen LogP contribution in [-0.2, 0) is 21.9 Å². The highest BCUT2D eigenvalue weighted by Crippen LogP contribution is 2.35. The van der Waals surface area contributed by atoms with Gasteiger partial charge in [-0.25, -0.2) is 0 Å². The summed E-state index contributed by atoms with van der Waals surface area (Å²) in [5, 5.41) is 4.14. The van der Waals surface area contributed by atoms with Crippen molar-refractivity contribution in [3.05, 3.63) is 58.7 Å². The molecule has 2 aromatic rings. The van der Waals surface area contributed by atoms with Crippen LogP contribution in [0.25, 0.3) is 0 Å². The molecule has 0 spiro atoms. The average Bonchev–Trinajstić information content (AvgIpc) is 3.09. The van der Waals surface area contributed by atoms with E-state index in [1.54, 1.807) is 0 Å². The summed E-state index contributed by atoms with van der Waals surface area (Å²) in [4.78, 5) is 43.8. The van der Waals surface area contributed by atoms with Crippen molar-refractivity contribution in [3.8, 4) is 0 Å². The Balaban J connectivity index is 0.000000171. The van der Waals surface area contributed by atoms with E-state index in [0.717, 1.165) is 36.4 Å². The maximum atomic E-state index is 12.3. The molecular weight excluding hydrogens is 422 g/mol. The number of carbonyl (C=O) groups is 4. The van der Waals surface area contributed by atoms with Crippen LogP contribution in [0.1, 0.15) is 31.8 Å². The third kappa shape index (κ3) is 3.88. The highest BCUT2D eigenvalue weighted by molar-refractivity contribution is 6.52. The molecule has 0 aromatic heterocycles. The first kappa shape index (κ1) is 21.0. The van der Waals surface area contributed by atoms with Crippen LogP contribution in [-0.4, -0.2) is 23.4 Å². The summed E-state index contributed by atoms with van der Waals surface area (Å²) >= 11 is 0. The Morgan fingerprint density at radius 1 is 0.567 bits per heavy atom. The van der Waals surface area contributed by atoms with Gasteiger partial charge in [0.05, 0.1) is 33.6 Å². The molecule has 12 heteroatoms. The fourth-order valence-electron chi connectivity index (χ4n) is 2.65. The average molecular weight is 430 g/mol. The van der Waals surface area contributed by atoms with Gasteiger partial charge in [-0.05, 0) is 36.4 Å².